The number of benzene rings is 1. The van der Waals surface area contributed by atoms with Gasteiger partial charge in [-0.25, -0.2) is 0 Å². The van der Waals surface area contributed by atoms with Gasteiger partial charge in [-0.3, -0.25) is 4.79 Å². The summed E-state index contributed by atoms with van der Waals surface area (Å²) in [5.41, 5.74) is 2.27. The zero-order chi connectivity index (χ0) is 14.7. The second kappa shape index (κ2) is 6.73. The summed E-state index contributed by atoms with van der Waals surface area (Å²) in [6.45, 7) is 3.09. The van der Waals surface area contributed by atoms with Gasteiger partial charge in [0.2, 0.25) is 5.91 Å². The van der Waals surface area contributed by atoms with Gasteiger partial charge in [-0.2, -0.15) is 11.8 Å². The molecule has 21 heavy (non-hydrogen) atoms. The number of hydrogen-bond donors (Lipinski definition) is 2. The molecule has 3 atom stereocenters. The summed E-state index contributed by atoms with van der Waals surface area (Å²) in [6.07, 6.45) is 4.40. The highest BCUT2D eigenvalue weighted by atomic mass is 32.2. The van der Waals surface area contributed by atoms with Crippen molar-refractivity contribution in [2.24, 2.45) is 0 Å². The summed E-state index contributed by atoms with van der Waals surface area (Å²) in [4.78, 5) is 12.6. The van der Waals surface area contributed by atoms with Crippen molar-refractivity contribution in [1.82, 2.24) is 5.32 Å². The van der Waals surface area contributed by atoms with Gasteiger partial charge >= 0.3 is 0 Å². The topological polar surface area (TPSA) is 41.1 Å². The smallest absolute Gasteiger partial charge is 0.227 e. The molecule has 0 radical (unpaired) electrons. The maximum Gasteiger partial charge on any atom is 0.227 e. The SMILES string of the molecule is CCSC1CCC(NC(=O)C2CCNc3ccccc32)C1. The Morgan fingerprint density at radius 2 is 2.19 bits per heavy atom. The Bertz CT molecular complexity index is 505. The van der Waals surface area contributed by atoms with Gasteiger partial charge in [0.05, 0.1) is 5.92 Å². The van der Waals surface area contributed by atoms with Crippen molar-refractivity contribution in [3.8, 4) is 0 Å². The molecule has 1 aliphatic carbocycles. The Hall–Kier alpha value is -1.16. The Kier molecular flexibility index (Phi) is 4.73. The quantitative estimate of drug-likeness (QED) is 0.896. The molecule has 3 nitrogen and oxygen atoms in total. The van der Waals surface area contributed by atoms with Gasteiger partial charge in [0.1, 0.15) is 0 Å². The van der Waals surface area contributed by atoms with Crippen molar-refractivity contribution in [1.29, 1.82) is 0 Å². The molecular weight excluding hydrogens is 280 g/mol. The minimum absolute atomic E-state index is 0.0142. The van der Waals surface area contributed by atoms with E-state index in [-0.39, 0.29) is 11.8 Å². The lowest BCUT2D eigenvalue weighted by Crippen LogP contribution is -2.38. The monoisotopic (exact) mass is 304 g/mol. The number of nitrogens with one attached hydrogen (secondary N) is 2. The third kappa shape index (κ3) is 3.37. The molecule has 0 saturated heterocycles. The predicted octanol–water partition coefficient (Wildman–Crippen LogP) is 3.38. The van der Waals surface area contributed by atoms with E-state index in [1.807, 2.05) is 23.9 Å². The number of thioether (sulfide) groups is 1. The summed E-state index contributed by atoms with van der Waals surface area (Å²) >= 11 is 2.03. The van der Waals surface area contributed by atoms with E-state index < -0.39 is 0 Å². The molecule has 1 heterocycles. The molecule has 3 unspecified atom stereocenters. The van der Waals surface area contributed by atoms with Crippen molar-refractivity contribution in [2.75, 3.05) is 17.6 Å². The van der Waals surface area contributed by atoms with E-state index in [2.05, 4.69) is 29.7 Å². The molecule has 1 aromatic carbocycles. The van der Waals surface area contributed by atoms with Crippen LogP contribution in [-0.2, 0) is 4.79 Å². The van der Waals surface area contributed by atoms with Crippen LogP contribution in [0.5, 0.6) is 0 Å². The van der Waals surface area contributed by atoms with E-state index in [0.29, 0.717) is 6.04 Å². The second-order valence-electron chi connectivity index (χ2n) is 5.95. The van der Waals surface area contributed by atoms with E-state index in [4.69, 9.17) is 0 Å². The lowest BCUT2D eigenvalue weighted by molar-refractivity contribution is -0.123. The van der Waals surface area contributed by atoms with Crippen LogP contribution in [0, 0.1) is 0 Å². The average molecular weight is 304 g/mol. The highest BCUT2D eigenvalue weighted by molar-refractivity contribution is 7.99. The molecule has 1 saturated carbocycles. The van der Waals surface area contributed by atoms with Gasteiger partial charge in [-0.15, -0.1) is 0 Å². The van der Waals surface area contributed by atoms with Crippen LogP contribution in [0.3, 0.4) is 0 Å². The normalized spacial score (nSPS) is 27.8. The van der Waals surface area contributed by atoms with Gasteiger partial charge in [0.25, 0.3) is 0 Å². The Balaban J connectivity index is 1.62. The van der Waals surface area contributed by atoms with Crippen molar-refractivity contribution in [3.63, 3.8) is 0 Å². The molecule has 4 heteroatoms. The maximum atomic E-state index is 12.6. The summed E-state index contributed by atoms with van der Waals surface area (Å²) in [5, 5.41) is 7.42. The first-order valence-electron chi connectivity index (χ1n) is 8.02. The van der Waals surface area contributed by atoms with Crippen LogP contribution < -0.4 is 10.6 Å². The Morgan fingerprint density at radius 3 is 3.05 bits per heavy atom. The van der Waals surface area contributed by atoms with E-state index in [0.717, 1.165) is 42.3 Å². The fraction of sp³-hybridized carbons (Fsp3) is 0.588. The van der Waals surface area contributed by atoms with Crippen LogP contribution in [-0.4, -0.2) is 29.5 Å². The van der Waals surface area contributed by atoms with Crippen LogP contribution in [0.25, 0.3) is 0 Å². The molecule has 3 rings (SSSR count). The minimum atomic E-state index is 0.0142. The fourth-order valence-electron chi connectivity index (χ4n) is 3.50. The summed E-state index contributed by atoms with van der Waals surface area (Å²) in [5.74, 6) is 1.41. The highest BCUT2D eigenvalue weighted by Crippen LogP contribution is 2.33. The van der Waals surface area contributed by atoms with Gasteiger partial charge in [0, 0.05) is 23.5 Å². The first-order valence-corrected chi connectivity index (χ1v) is 9.07. The number of carbonyl (C=O) groups is 1. The van der Waals surface area contributed by atoms with Crippen molar-refractivity contribution < 1.29 is 4.79 Å². The molecular formula is C17H24N2OS. The van der Waals surface area contributed by atoms with Gasteiger partial charge in [0.15, 0.2) is 0 Å². The first-order chi connectivity index (χ1) is 10.3. The largest absolute Gasteiger partial charge is 0.385 e. The number of anilines is 1. The highest BCUT2D eigenvalue weighted by Gasteiger charge is 2.30. The van der Waals surface area contributed by atoms with E-state index in [9.17, 15) is 4.79 Å². The van der Waals surface area contributed by atoms with E-state index >= 15 is 0 Å². The fourth-order valence-corrected chi connectivity index (χ4v) is 4.64. The minimum Gasteiger partial charge on any atom is -0.385 e. The second-order valence-corrected chi connectivity index (χ2v) is 7.53. The molecule has 2 aliphatic rings. The average Bonchev–Trinajstić information content (AvgIpc) is 2.94. The van der Waals surface area contributed by atoms with Gasteiger partial charge < -0.3 is 10.6 Å². The van der Waals surface area contributed by atoms with Crippen molar-refractivity contribution in [2.45, 2.75) is 49.8 Å². The number of para-hydroxylation sites is 1. The zero-order valence-electron chi connectivity index (χ0n) is 12.6. The van der Waals surface area contributed by atoms with Crippen LogP contribution in [0.1, 0.15) is 44.1 Å². The number of carbonyl (C=O) groups excluding carboxylic acids is 1. The predicted molar refractivity (Wildman–Crippen MR) is 90.0 cm³/mol. The van der Waals surface area contributed by atoms with Crippen LogP contribution in [0.4, 0.5) is 5.69 Å². The van der Waals surface area contributed by atoms with Crippen LogP contribution in [0.2, 0.25) is 0 Å². The first kappa shape index (κ1) is 14.8. The molecule has 2 N–H and O–H groups in total. The van der Waals surface area contributed by atoms with Crippen LogP contribution >= 0.6 is 11.8 Å². The molecule has 114 valence electrons. The van der Waals surface area contributed by atoms with Gasteiger partial charge in [-0.05, 0) is 43.1 Å². The number of amides is 1. The standard InChI is InChI=1S/C17H24N2OS/c1-2-21-13-8-7-12(11-13)19-17(20)15-9-10-18-16-6-4-3-5-14(15)16/h3-6,12-13,15,18H,2,7-11H2,1H3,(H,19,20). The van der Waals surface area contributed by atoms with E-state index in [1.54, 1.807) is 0 Å². The lowest BCUT2D eigenvalue weighted by Gasteiger charge is -2.27. The number of rotatable bonds is 4. The third-order valence-electron chi connectivity index (χ3n) is 4.53. The lowest BCUT2D eigenvalue weighted by atomic mass is 9.90. The molecule has 1 aromatic rings. The van der Waals surface area contributed by atoms with Gasteiger partial charge in [-0.1, -0.05) is 25.1 Å². The Morgan fingerprint density at radius 1 is 1.33 bits per heavy atom. The van der Waals surface area contributed by atoms with Crippen LogP contribution in [0.15, 0.2) is 24.3 Å². The van der Waals surface area contributed by atoms with E-state index in [1.165, 1.54) is 12.2 Å². The number of fused-ring (bicyclic) bond motifs is 1. The Labute approximate surface area is 131 Å². The number of hydrogen-bond acceptors (Lipinski definition) is 3. The maximum absolute atomic E-state index is 12.6. The van der Waals surface area contributed by atoms with Crippen molar-refractivity contribution in [3.05, 3.63) is 29.8 Å². The molecule has 0 aromatic heterocycles. The summed E-state index contributed by atoms with van der Waals surface area (Å²) in [7, 11) is 0. The third-order valence-corrected chi connectivity index (χ3v) is 5.77. The molecule has 1 aliphatic heterocycles. The molecule has 1 amide bonds. The summed E-state index contributed by atoms with van der Waals surface area (Å²) in [6, 6.07) is 8.57. The van der Waals surface area contributed by atoms with Crippen molar-refractivity contribution >= 4 is 23.4 Å². The summed E-state index contributed by atoms with van der Waals surface area (Å²) < 4.78 is 0. The molecule has 1 fully saturated rings. The zero-order valence-corrected chi connectivity index (χ0v) is 13.4. The molecule has 0 bridgehead atoms. The molecule has 0 spiro atoms.